The number of ether oxygens (including phenoxy) is 3. The summed E-state index contributed by atoms with van der Waals surface area (Å²) >= 11 is 0. The van der Waals surface area contributed by atoms with E-state index in [-0.39, 0.29) is 51.6 Å². The van der Waals surface area contributed by atoms with Crippen LogP contribution in [0.5, 0.6) is 17.4 Å². The molecule has 0 spiro atoms. The lowest BCUT2D eigenvalue weighted by molar-refractivity contribution is -0.121. The minimum Gasteiger partial charge on any atom is -0.497 e. The van der Waals surface area contributed by atoms with E-state index in [0.29, 0.717) is 36.0 Å². The van der Waals surface area contributed by atoms with E-state index < -0.39 is 27.5 Å². The van der Waals surface area contributed by atoms with Gasteiger partial charge in [0.1, 0.15) is 16.4 Å². The highest BCUT2D eigenvalue weighted by molar-refractivity contribution is 7.93. The summed E-state index contributed by atoms with van der Waals surface area (Å²) in [4.78, 5) is 37.1. The number of fused-ring (bicyclic) bond motifs is 1. The number of hydrogen-bond donors (Lipinski definition) is 2. The quantitative estimate of drug-likeness (QED) is 0.287. The first kappa shape index (κ1) is 35.4. The number of nitrogens with zero attached hydrogens (tertiary/aromatic N) is 5. The number of amides is 3. The van der Waals surface area contributed by atoms with E-state index in [1.54, 1.807) is 24.0 Å². The normalized spacial score (nSPS) is 17.9. The highest BCUT2D eigenvalue weighted by Crippen LogP contribution is 2.50. The largest absolute Gasteiger partial charge is 0.497 e. The number of likely N-dealkylation sites (N-methyl/N-ethyl adjacent to an activating group) is 1. The van der Waals surface area contributed by atoms with Crippen molar-refractivity contribution in [1.29, 1.82) is 5.26 Å². The molecule has 3 amide bonds. The van der Waals surface area contributed by atoms with Crippen LogP contribution in [0.25, 0.3) is 0 Å². The number of hydrogen-bond acceptors (Lipinski definition) is 11. The molecule has 1 unspecified atom stereocenters. The second-order valence-corrected chi connectivity index (χ2v) is 13.7. The molecular weight excluding hydrogens is 650 g/mol. The maximum atomic E-state index is 15.1. The molecule has 2 aliphatic heterocycles. The molecule has 15 heteroatoms. The molecule has 0 bridgehead atoms. The van der Waals surface area contributed by atoms with Gasteiger partial charge in [0.25, 0.3) is 15.9 Å². The smallest absolute Gasteiger partial charge is 0.318 e. The number of anilines is 1. The maximum Gasteiger partial charge on any atom is 0.318 e. The average molecular weight is 692 g/mol. The van der Waals surface area contributed by atoms with E-state index in [9.17, 15) is 18.5 Å². The van der Waals surface area contributed by atoms with Crippen molar-refractivity contribution in [3.63, 3.8) is 0 Å². The Morgan fingerprint density at radius 2 is 1.86 bits per heavy atom. The first-order chi connectivity index (χ1) is 23.5. The second kappa shape index (κ2) is 14.7. The van der Waals surface area contributed by atoms with Gasteiger partial charge in [0.15, 0.2) is 5.54 Å². The molecule has 0 radical (unpaired) electrons. The minimum absolute atomic E-state index is 0.0250. The first-order valence-corrected chi connectivity index (χ1v) is 17.4. The van der Waals surface area contributed by atoms with Crippen LogP contribution in [0.1, 0.15) is 36.5 Å². The van der Waals surface area contributed by atoms with Gasteiger partial charge in [0.2, 0.25) is 5.88 Å². The Bertz CT molecular complexity index is 1860. The number of pyridine rings is 1. The van der Waals surface area contributed by atoms with E-state index in [2.05, 4.69) is 26.6 Å². The molecule has 0 saturated carbocycles. The predicted molar refractivity (Wildman–Crippen MR) is 181 cm³/mol. The molecule has 0 aliphatic carbocycles. The van der Waals surface area contributed by atoms with Crippen molar-refractivity contribution in [2.75, 3.05) is 65.4 Å². The van der Waals surface area contributed by atoms with Gasteiger partial charge >= 0.3 is 6.03 Å². The highest BCUT2D eigenvalue weighted by Gasteiger charge is 2.59. The monoisotopic (exact) mass is 691 g/mol. The van der Waals surface area contributed by atoms with Crippen LogP contribution in [0.15, 0.2) is 59.6 Å². The summed E-state index contributed by atoms with van der Waals surface area (Å²) < 4.78 is 46.3. The van der Waals surface area contributed by atoms with Crippen molar-refractivity contribution in [2.45, 2.75) is 36.2 Å². The van der Waals surface area contributed by atoms with Crippen LogP contribution in [0.3, 0.4) is 0 Å². The third kappa shape index (κ3) is 6.71. The van der Waals surface area contributed by atoms with Crippen LogP contribution >= 0.6 is 0 Å². The Kier molecular flexibility index (Phi) is 10.6. The highest BCUT2D eigenvalue weighted by atomic mass is 32.2. The number of urea groups is 1. The van der Waals surface area contributed by atoms with Crippen molar-refractivity contribution in [2.24, 2.45) is 0 Å². The van der Waals surface area contributed by atoms with Crippen LogP contribution in [0.4, 0.5) is 10.5 Å². The van der Waals surface area contributed by atoms with Gasteiger partial charge in [0.05, 0.1) is 43.7 Å². The molecule has 1 atom stereocenters. The summed E-state index contributed by atoms with van der Waals surface area (Å²) in [6.45, 7) is 4.40. The summed E-state index contributed by atoms with van der Waals surface area (Å²) in [6, 6.07) is 13.2. The topological polar surface area (TPSA) is 166 Å². The Balaban J connectivity index is 1.63. The third-order valence-corrected chi connectivity index (χ3v) is 10.4. The van der Waals surface area contributed by atoms with Crippen molar-refractivity contribution in [1.82, 2.24) is 25.4 Å². The Morgan fingerprint density at radius 3 is 2.51 bits per heavy atom. The second-order valence-electron chi connectivity index (χ2n) is 11.9. The van der Waals surface area contributed by atoms with Gasteiger partial charge in [-0.1, -0.05) is 0 Å². The van der Waals surface area contributed by atoms with Gasteiger partial charge in [-0.3, -0.25) is 4.79 Å². The lowest BCUT2D eigenvalue weighted by Gasteiger charge is -2.37. The number of sulfonamides is 1. The number of aromatic nitrogens is 1. The summed E-state index contributed by atoms with van der Waals surface area (Å²) in [7, 11) is 2.06. The molecule has 2 aliphatic rings. The molecule has 260 valence electrons. The first-order valence-electron chi connectivity index (χ1n) is 15.9. The van der Waals surface area contributed by atoms with Crippen LogP contribution in [-0.2, 0) is 20.4 Å². The zero-order valence-electron chi connectivity index (χ0n) is 28.2. The van der Waals surface area contributed by atoms with E-state index in [1.165, 1.54) is 56.8 Å². The number of likely N-dealkylation sites (tertiary alicyclic amines) is 1. The number of piperidine rings is 1. The molecule has 1 saturated heterocycles. The van der Waals surface area contributed by atoms with Crippen molar-refractivity contribution >= 4 is 27.6 Å². The van der Waals surface area contributed by atoms with Crippen LogP contribution in [0.2, 0.25) is 0 Å². The van der Waals surface area contributed by atoms with E-state index in [1.807, 2.05) is 14.1 Å². The fraction of sp³-hybridized carbons (Fsp3) is 0.412. The molecule has 1 aromatic heterocycles. The number of carbonyl (C=O) groups excluding carboxylic acids is 2. The number of nitriles is 1. The van der Waals surface area contributed by atoms with Gasteiger partial charge in [-0.05, 0) is 76.3 Å². The van der Waals surface area contributed by atoms with Gasteiger partial charge in [-0.2, -0.15) is 9.57 Å². The molecule has 5 rings (SSSR count). The zero-order chi connectivity index (χ0) is 35.3. The van der Waals surface area contributed by atoms with Crippen molar-refractivity contribution in [3.05, 3.63) is 71.4 Å². The predicted octanol–water partition coefficient (Wildman–Crippen LogP) is 2.67. The summed E-state index contributed by atoms with van der Waals surface area (Å²) in [5.74, 6) is -0.685. The SMILES string of the molecule is CCOc1ncccc1C1(NC(=O)N2CCC(NCCN(C)C)CC2)C(=O)N(S(=O)(=O)c2ccc(OC)cc2OC)c2ccc(C#N)cc21. The number of nitrogens with one attached hydrogen (secondary N) is 2. The van der Waals surface area contributed by atoms with Gasteiger partial charge < -0.3 is 34.6 Å². The summed E-state index contributed by atoms with van der Waals surface area (Å²) in [6.07, 6.45) is 2.85. The van der Waals surface area contributed by atoms with Crippen molar-refractivity contribution < 1.29 is 32.2 Å². The van der Waals surface area contributed by atoms with Crippen LogP contribution < -0.4 is 29.1 Å². The van der Waals surface area contributed by atoms with Gasteiger partial charge in [-0.25, -0.2) is 18.2 Å². The molecular formula is C34H41N7O7S. The third-order valence-electron chi connectivity index (χ3n) is 8.67. The molecule has 49 heavy (non-hydrogen) atoms. The molecule has 3 aromatic rings. The molecule has 14 nitrogen and oxygen atoms in total. The van der Waals surface area contributed by atoms with Crippen LogP contribution in [-0.4, -0.2) is 102 Å². The lowest BCUT2D eigenvalue weighted by Crippen LogP contribution is -2.59. The zero-order valence-corrected chi connectivity index (χ0v) is 29.0. The van der Waals surface area contributed by atoms with Crippen LogP contribution in [0, 0.1) is 11.3 Å². The van der Waals surface area contributed by atoms with Gasteiger partial charge in [0, 0.05) is 50.0 Å². The summed E-state index contributed by atoms with van der Waals surface area (Å²) in [5, 5.41) is 16.4. The average Bonchev–Trinajstić information content (AvgIpc) is 3.35. The fourth-order valence-electron chi connectivity index (χ4n) is 6.18. The van der Waals surface area contributed by atoms with Gasteiger partial charge in [-0.15, -0.1) is 0 Å². The number of carbonyl (C=O) groups is 2. The lowest BCUT2D eigenvalue weighted by atomic mass is 9.83. The maximum absolute atomic E-state index is 15.1. The van der Waals surface area contributed by atoms with E-state index >= 15 is 4.79 Å². The standard InChI is InChI=1S/C34H41N7O7S/c1-6-48-31-26(8-7-15-37-31)34(38-33(43)40-17-13-24(14-18-40)36-16-19-39(2)3)27-20-23(22-35)9-11-28(27)41(32(34)42)49(44,45)30-12-10-25(46-4)21-29(30)47-5/h7-12,15,20-21,24,36H,6,13-14,16-19H2,1-5H3,(H,38,43). The van der Waals surface area contributed by atoms with E-state index in [0.717, 1.165) is 13.1 Å². The van der Waals surface area contributed by atoms with E-state index in [4.69, 9.17) is 14.2 Å². The fourth-order valence-corrected chi connectivity index (χ4v) is 7.79. The Morgan fingerprint density at radius 1 is 1.10 bits per heavy atom. The molecule has 2 aromatic carbocycles. The molecule has 1 fully saturated rings. The minimum atomic E-state index is -4.69. The summed E-state index contributed by atoms with van der Waals surface area (Å²) in [5.41, 5.74) is -1.84. The number of methoxy groups -OCH3 is 2. The molecule has 3 heterocycles. The Labute approximate surface area is 286 Å². The number of rotatable bonds is 12. The number of benzene rings is 2. The Hall–Kier alpha value is -4.91. The van der Waals surface area contributed by atoms with Crippen molar-refractivity contribution in [3.8, 4) is 23.4 Å². The molecule has 2 N–H and O–H groups in total.